The Hall–Kier alpha value is -1.30. The van der Waals surface area contributed by atoms with E-state index in [0.717, 1.165) is 12.8 Å². The number of nitrogens with zero attached hydrogens (tertiary/aromatic N) is 1. The van der Waals surface area contributed by atoms with E-state index in [1.807, 2.05) is 20.8 Å². The number of hydrogen-bond donors (Lipinski definition) is 1. The van der Waals surface area contributed by atoms with Crippen molar-refractivity contribution in [2.45, 2.75) is 51.7 Å². The fourth-order valence-electron chi connectivity index (χ4n) is 2.39. The molecule has 1 aliphatic heterocycles. The van der Waals surface area contributed by atoms with Crippen molar-refractivity contribution in [1.29, 1.82) is 0 Å². The second-order valence-corrected chi connectivity index (χ2v) is 6.18. The molecule has 1 N–H and O–H groups in total. The van der Waals surface area contributed by atoms with Crippen LogP contribution in [0.1, 0.15) is 40.0 Å². The van der Waals surface area contributed by atoms with E-state index in [4.69, 9.17) is 14.6 Å². The van der Waals surface area contributed by atoms with E-state index in [1.165, 1.54) is 7.11 Å². The van der Waals surface area contributed by atoms with Crippen LogP contribution in [0.4, 0.5) is 4.79 Å². The molecule has 116 valence electrons. The van der Waals surface area contributed by atoms with Gasteiger partial charge in [-0.25, -0.2) is 4.79 Å². The number of amides is 1. The number of likely N-dealkylation sites (tertiary alicyclic amines) is 1. The molecule has 0 aromatic carbocycles. The maximum atomic E-state index is 11.9. The molecular formula is C14H25NO5. The third-order valence-corrected chi connectivity index (χ3v) is 3.40. The van der Waals surface area contributed by atoms with Crippen LogP contribution in [-0.4, -0.2) is 54.0 Å². The summed E-state index contributed by atoms with van der Waals surface area (Å²) in [6.45, 7) is 6.68. The molecule has 6 nitrogen and oxygen atoms in total. The first-order valence-electron chi connectivity index (χ1n) is 6.95. The number of aliphatic carboxylic acids is 1. The Balaban J connectivity index is 2.46. The van der Waals surface area contributed by atoms with E-state index in [0.29, 0.717) is 13.1 Å². The number of carboxylic acids is 1. The molecule has 0 aromatic rings. The van der Waals surface area contributed by atoms with E-state index < -0.39 is 11.6 Å². The molecule has 1 rings (SSSR count). The van der Waals surface area contributed by atoms with Crippen molar-refractivity contribution in [3.8, 4) is 0 Å². The van der Waals surface area contributed by atoms with E-state index in [9.17, 15) is 9.59 Å². The third kappa shape index (κ3) is 5.36. The molecule has 1 saturated heterocycles. The smallest absolute Gasteiger partial charge is 0.410 e. The molecule has 1 amide bonds. The zero-order valence-electron chi connectivity index (χ0n) is 12.7. The standard InChI is InChI=1S/C14H25NO5/c1-14(2,3)20-13(18)15-7-5-10(6-8-15)11(19-4)9-12(16)17/h10-11H,5-9H2,1-4H3,(H,16,17). The van der Waals surface area contributed by atoms with Gasteiger partial charge in [-0.3, -0.25) is 4.79 Å². The molecule has 0 radical (unpaired) electrons. The van der Waals surface area contributed by atoms with Crippen LogP contribution in [-0.2, 0) is 14.3 Å². The largest absolute Gasteiger partial charge is 0.481 e. The maximum Gasteiger partial charge on any atom is 0.410 e. The lowest BCUT2D eigenvalue weighted by atomic mass is 9.89. The first kappa shape index (κ1) is 16.8. The van der Waals surface area contributed by atoms with Crippen LogP contribution < -0.4 is 0 Å². The van der Waals surface area contributed by atoms with Gasteiger partial charge in [0.2, 0.25) is 0 Å². The lowest BCUT2D eigenvalue weighted by molar-refractivity contribution is -0.141. The molecule has 6 heteroatoms. The minimum atomic E-state index is -0.855. The molecule has 1 fully saturated rings. The highest BCUT2D eigenvalue weighted by molar-refractivity contribution is 5.68. The first-order valence-corrected chi connectivity index (χ1v) is 6.95. The first-order chi connectivity index (χ1) is 9.23. The van der Waals surface area contributed by atoms with Gasteiger partial charge in [0, 0.05) is 20.2 Å². The van der Waals surface area contributed by atoms with Crippen LogP contribution in [0.15, 0.2) is 0 Å². The summed E-state index contributed by atoms with van der Waals surface area (Å²) in [5, 5.41) is 8.85. The molecule has 1 heterocycles. The summed E-state index contributed by atoms with van der Waals surface area (Å²) >= 11 is 0. The van der Waals surface area contributed by atoms with Crippen LogP contribution >= 0.6 is 0 Å². The van der Waals surface area contributed by atoms with Crippen molar-refractivity contribution >= 4 is 12.1 Å². The number of ether oxygens (including phenoxy) is 2. The summed E-state index contributed by atoms with van der Waals surface area (Å²) in [4.78, 5) is 24.4. The molecular weight excluding hydrogens is 262 g/mol. The van der Waals surface area contributed by atoms with Crippen LogP contribution in [0.2, 0.25) is 0 Å². The molecule has 0 aromatic heterocycles. The molecule has 1 aliphatic rings. The van der Waals surface area contributed by atoms with Gasteiger partial charge in [0.25, 0.3) is 0 Å². The molecule has 1 atom stereocenters. The average molecular weight is 287 g/mol. The predicted molar refractivity (Wildman–Crippen MR) is 73.6 cm³/mol. The number of carboxylic acid groups (broad SMARTS) is 1. The van der Waals surface area contributed by atoms with Crippen molar-refractivity contribution in [3.05, 3.63) is 0 Å². The monoisotopic (exact) mass is 287 g/mol. The summed E-state index contributed by atoms with van der Waals surface area (Å²) in [6, 6.07) is 0. The highest BCUT2D eigenvalue weighted by atomic mass is 16.6. The van der Waals surface area contributed by atoms with Gasteiger partial charge in [0.05, 0.1) is 12.5 Å². The Morgan fingerprint density at radius 1 is 1.30 bits per heavy atom. The topological polar surface area (TPSA) is 76.1 Å². The lowest BCUT2D eigenvalue weighted by Crippen LogP contribution is -2.44. The summed E-state index contributed by atoms with van der Waals surface area (Å²) in [7, 11) is 1.54. The number of rotatable bonds is 4. The molecule has 0 saturated carbocycles. The van der Waals surface area contributed by atoms with Gasteiger partial charge in [0.15, 0.2) is 0 Å². The predicted octanol–water partition coefficient (Wildman–Crippen LogP) is 2.12. The molecule has 20 heavy (non-hydrogen) atoms. The Labute approximate surface area is 120 Å². The van der Waals surface area contributed by atoms with E-state index in [2.05, 4.69) is 0 Å². The van der Waals surface area contributed by atoms with Gasteiger partial charge < -0.3 is 19.5 Å². The quantitative estimate of drug-likeness (QED) is 0.857. The lowest BCUT2D eigenvalue weighted by Gasteiger charge is -2.35. The number of carbonyl (C=O) groups excluding carboxylic acids is 1. The highest BCUT2D eigenvalue weighted by Gasteiger charge is 2.31. The number of hydrogen-bond acceptors (Lipinski definition) is 4. The molecule has 0 bridgehead atoms. The molecule has 1 unspecified atom stereocenters. The number of carbonyl (C=O) groups is 2. The van der Waals surface area contributed by atoms with E-state index >= 15 is 0 Å². The van der Waals surface area contributed by atoms with E-state index in [1.54, 1.807) is 4.90 Å². The van der Waals surface area contributed by atoms with Crippen molar-refractivity contribution in [2.75, 3.05) is 20.2 Å². The number of methoxy groups -OCH3 is 1. The Morgan fingerprint density at radius 2 is 1.85 bits per heavy atom. The second kappa shape index (κ2) is 6.92. The van der Waals surface area contributed by atoms with Gasteiger partial charge in [-0.15, -0.1) is 0 Å². The molecule has 0 aliphatic carbocycles. The van der Waals surface area contributed by atoms with Crippen molar-refractivity contribution in [1.82, 2.24) is 4.90 Å². The zero-order chi connectivity index (χ0) is 15.3. The van der Waals surface area contributed by atoms with Crippen molar-refractivity contribution in [2.24, 2.45) is 5.92 Å². The van der Waals surface area contributed by atoms with Gasteiger partial charge in [0.1, 0.15) is 5.60 Å². The van der Waals surface area contributed by atoms with Crippen LogP contribution in [0.3, 0.4) is 0 Å². The zero-order valence-corrected chi connectivity index (χ0v) is 12.7. The maximum absolute atomic E-state index is 11.9. The van der Waals surface area contributed by atoms with Crippen molar-refractivity contribution in [3.63, 3.8) is 0 Å². The highest BCUT2D eigenvalue weighted by Crippen LogP contribution is 2.25. The minimum Gasteiger partial charge on any atom is -0.481 e. The van der Waals surface area contributed by atoms with Gasteiger partial charge in [-0.05, 0) is 39.5 Å². The van der Waals surface area contributed by atoms with Gasteiger partial charge >= 0.3 is 12.1 Å². The fraction of sp³-hybridized carbons (Fsp3) is 0.857. The van der Waals surface area contributed by atoms with Gasteiger partial charge in [-0.1, -0.05) is 0 Å². The number of piperidine rings is 1. The second-order valence-electron chi connectivity index (χ2n) is 6.18. The van der Waals surface area contributed by atoms with Crippen molar-refractivity contribution < 1.29 is 24.2 Å². The molecule has 0 spiro atoms. The summed E-state index contributed by atoms with van der Waals surface area (Å²) in [5.41, 5.74) is -0.494. The Morgan fingerprint density at radius 3 is 2.25 bits per heavy atom. The van der Waals surface area contributed by atoms with Crippen LogP contribution in [0.25, 0.3) is 0 Å². The Bertz CT molecular complexity index is 342. The Kier molecular flexibility index (Phi) is 5.80. The van der Waals surface area contributed by atoms with Crippen LogP contribution in [0, 0.1) is 5.92 Å². The SMILES string of the molecule is COC(CC(=O)O)C1CCN(C(=O)OC(C)(C)C)CC1. The normalized spacial score (nSPS) is 18.7. The average Bonchev–Trinajstić information content (AvgIpc) is 2.34. The summed E-state index contributed by atoms with van der Waals surface area (Å²) < 4.78 is 10.6. The summed E-state index contributed by atoms with van der Waals surface area (Å²) in [6.07, 6.45) is 0.903. The van der Waals surface area contributed by atoms with E-state index in [-0.39, 0.29) is 24.5 Å². The minimum absolute atomic E-state index is 0.00754. The van der Waals surface area contributed by atoms with Gasteiger partial charge in [-0.2, -0.15) is 0 Å². The third-order valence-electron chi connectivity index (χ3n) is 3.40. The summed E-state index contributed by atoms with van der Waals surface area (Å²) in [5.74, 6) is -0.679. The fourth-order valence-corrected chi connectivity index (χ4v) is 2.39. The van der Waals surface area contributed by atoms with Crippen LogP contribution in [0.5, 0.6) is 0 Å².